The van der Waals surface area contributed by atoms with E-state index in [1.165, 1.54) is 0 Å². The minimum Gasteiger partial charge on any atom is -0.378 e. The van der Waals surface area contributed by atoms with Crippen molar-refractivity contribution in [1.29, 1.82) is 0 Å². The van der Waals surface area contributed by atoms with Crippen molar-refractivity contribution in [3.8, 4) is 0 Å². The highest BCUT2D eigenvalue weighted by Crippen LogP contribution is 2.29. The van der Waals surface area contributed by atoms with Gasteiger partial charge in [0, 0.05) is 60.1 Å². The molecule has 0 bridgehead atoms. The average Bonchev–Trinajstić information content (AvgIpc) is 3.54. The molecule has 3 aromatic heterocycles. The van der Waals surface area contributed by atoms with Crippen LogP contribution in [0.1, 0.15) is 6.42 Å². The fourth-order valence-electron chi connectivity index (χ4n) is 4.78. The molecule has 11 heteroatoms. The van der Waals surface area contributed by atoms with E-state index in [0.29, 0.717) is 12.8 Å². The van der Waals surface area contributed by atoms with Crippen LogP contribution in [0.15, 0.2) is 31.0 Å². The van der Waals surface area contributed by atoms with Crippen molar-refractivity contribution in [1.82, 2.24) is 24.5 Å². The molecule has 2 fully saturated rings. The molecule has 36 heavy (non-hydrogen) atoms. The first-order valence-corrected chi connectivity index (χ1v) is 16.6. The van der Waals surface area contributed by atoms with Gasteiger partial charge < -0.3 is 28.7 Å². The highest BCUT2D eigenvalue weighted by Gasteiger charge is 2.29. The predicted molar refractivity (Wildman–Crippen MR) is 146 cm³/mol. The van der Waals surface area contributed by atoms with Gasteiger partial charge in [-0.15, -0.1) is 0 Å². The van der Waals surface area contributed by atoms with Gasteiger partial charge in [-0.25, -0.2) is 19.9 Å². The minimum atomic E-state index is -1.10. The summed E-state index contributed by atoms with van der Waals surface area (Å²) in [5, 5.41) is 1.07. The van der Waals surface area contributed by atoms with E-state index < -0.39 is 8.07 Å². The van der Waals surface area contributed by atoms with Crippen LogP contribution in [0.4, 0.5) is 17.5 Å². The summed E-state index contributed by atoms with van der Waals surface area (Å²) < 4.78 is 13.5. The topological polar surface area (TPSA) is 84.7 Å². The number of hydrogen-bond acceptors (Lipinski definition) is 9. The average molecular weight is 511 g/mol. The van der Waals surface area contributed by atoms with Crippen molar-refractivity contribution in [3.05, 3.63) is 31.0 Å². The highest BCUT2D eigenvalue weighted by atomic mass is 28.3. The third kappa shape index (κ3) is 5.63. The molecule has 0 aliphatic carbocycles. The normalized spacial score (nSPS) is 18.8. The van der Waals surface area contributed by atoms with E-state index in [2.05, 4.69) is 73.2 Å². The number of hydrogen-bond donors (Lipinski definition) is 0. The molecule has 0 unspecified atom stereocenters. The van der Waals surface area contributed by atoms with Crippen molar-refractivity contribution in [2.45, 2.75) is 44.9 Å². The summed E-state index contributed by atoms with van der Waals surface area (Å²) in [4.78, 5) is 25.5. The largest absolute Gasteiger partial charge is 0.378 e. The number of likely N-dealkylation sites (N-methyl/N-ethyl adjacent to an activating group) is 1. The van der Waals surface area contributed by atoms with Crippen molar-refractivity contribution in [2.24, 2.45) is 0 Å². The van der Waals surface area contributed by atoms with Crippen LogP contribution in [-0.2, 0) is 16.2 Å². The number of anilines is 3. The van der Waals surface area contributed by atoms with E-state index in [1.807, 2.05) is 12.4 Å². The Morgan fingerprint density at radius 2 is 1.89 bits per heavy atom. The first-order chi connectivity index (χ1) is 17.4. The standard InChI is InChI=1S/C25H38N8O2Si/c1-30(22-15-27-23(16-26-22)31-9-11-34-12-10-31)20-5-7-32(17-20)24-21-6-8-33(25(21)29-18-28-24)19-35-13-14-36(2,3)4/h6,8,15-16,18,20H,5,7,9-14,17,19H2,1-4H3/t20-/m1/s1. The summed E-state index contributed by atoms with van der Waals surface area (Å²) in [6, 6.07) is 3.61. The Kier molecular flexibility index (Phi) is 7.40. The van der Waals surface area contributed by atoms with E-state index in [-0.39, 0.29) is 0 Å². The first-order valence-electron chi connectivity index (χ1n) is 12.9. The Labute approximate surface area is 214 Å². The Hall–Kier alpha value is -2.76. The van der Waals surface area contributed by atoms with Crippen LogP contribution in [0.2, 0.25) is 25.7 Å². The number of aromatic nitrogens is 5. The van der Waals surface area contributed by atoms with Gasteiger partial charge in [0.05, 0.1) is 31.0 Å². The molecule has 2 aliphatic heterocycles. The Morgan fingerprint density at radius 3 is 2.64 bits per heavy atom. The number of morpholine rings is 1. The fourth-order valence-corrected chi connectivity index (χ4v) is 5.53. The lowest BCUT2D eigenvalue weighted by atomic mass is 10.2. The molecule has 5 rings (SSSR count). The molecule has 194 valence electrons. The van der Waals surface area contributed by atoms with Gasteiger partial charge in [0.25, 0.3) is 0 Å². The molecule has 1 atom stereocenters. The van der Waals surface area contributed by atoms with Gasteiger partial charge >= 0.3 is 0 Å². The molecule has 0 aromatic carbocycles. The van der Waals surface area contributed by atoms with Crippen molar-refractivity contribution in [2.75, 3.05) is 67.7 Å². The summed E-state index contributed by atoms with van der Waals surface area (Å²) in [7, 11) is 1.01. The third-order valence-electron chi connectivity index (χ3n) is 7.09. The smallest absolute Gasteiger partial charge is 0.147 e. The fraction of sp³-hybridized carbons (Fsp3) is 0.600. The molecule has 0 saturated carbocycles. The van der Waals surface area contributed by atoms with Gasteiger partial charge in [-0.2, -0.15) is 0 Å². The summed E-state index contributed by atoms with van der Waals surface area (Å²) in [5.41, 5.74) is 0.925. The quantitative estimate of drug-likeness (QED) is 0.318. The van der Waals surface area contributed by atoms with Gasteiger partial charge in [0.15, 0.2) is 0 Å². The lowest BCUT2D eigenvalue weighted by Gasteiger charge is -2.29. The van der Waals surface area contributed by atoms with Gasteiger partial charge in [-0.1, -0.05) is 19.6 Å². The van der Waals surface area contributed by atoms with Crippen molar-refractivity contribution >= 4 is 36.6 Å². The van der Waals surface area contributed by atoms with Gasteiger partial charge in [0.1, 0.15) is 36.2 Å². The summed E-state index contributed by atoms with van der Waals surface area (Å²) >= 11 is 0. The maximum atomic E-state index is 5.97. The number of rotatable bonds is 9. The van der Waals surface area contributed by atoms with Gasteiger partial charge in [-0.3, -0.25) is 0 Å². The van der Waals surface area contributed by atoms with Crippen LogP contribution in [0.3, 0.4) is 0 Å². The number of nitrogens with zero attached hydrogens (tertiary/aromatic N) is 8. The van der Waals surface area contributed by atoms with Crippen molar-refractivity contribution < 1.29 is 9.47 Å². The second kappa shape index (κ2) is 10.7. The zero-order chi connectivity index (χ0) is 25.1. The molecule has 10 nitrogen and oxygen atoms in total. The maximum absolute atomic E-state index is 5.97. The first kappa shape index (κ1) is 24.9. The maximum Gasteiger partial charge on any atom is 0.147 e. The van der Waals surface area contributed by atoms with Crippen LogP contribution < -0.4 is 14.7 Å². The van der Waals surface area contributed by atoms with E-state index >= 15 is 0 Å². The lowest BCUT2D eigenvalue weighted by molar-refractivity contribution is 0.0899. The van der Waals surface area contributed by atoms with Gasteiger partial charge in [0.2, 0.25) is 0 Å². The van der Waals surface area contributed by atoms with Gasteiger partial charge in [-0.05, 0) is 18.5 Å². The zero-order valence-electron chi connectivity index (χ0n) is 21.9. The zero-order valence-corrected chi connectivity index (χ0v) is 22.9. The Bertz CT molecular complexity index is 1140. The number of ether oxygens (including phenoxy) is 2. The van der Waals surface area contributed by atoms with E-state index in [1.54, 1.807) is 6.33 Å². The van der Waals surface area contributed by atoms with E-state index in [4.69, 9.17) is 14.5 Å². The third-order valence-corrected chi connectivity index (χ3v) is 8.80. The van der Waals surface area contributed by atoms with Crippen LogP contribution in [0, 0.1) is 0 Å². The highest BCUT2D eigenvalue weighted by molar-refractivity contribution is 6.76. The minimum absolute atomic E-state index is 0.338. The Balaban J connectivity index is 1.22. The molecular formula is C25H38N8O2Si. The monoisotopic (exact) mass is 510 g/mol. The molecule has 0 N–H and O–H groups in total. The molecule has 3 aromatic rings. The molecule has 0 amide bonds. The Morgan fingerprint density at radius 1 is 1.06 bits per heavy atom. The van der Waals surface area contributed by atoms with Crippen LogP contribution >= 0.6 is 0 Å². The predicted octanol–water partition coefficient (Wildman–Crippen LogP) is 3.09. The molecule has 0 spiro atoms. The lowest BCUT2D eigenvalue weighted by Crippen LogP contribution is -2.37. The van der Waals surface area contributed by atoms with E-state index in [9.17, 15) is 0 Å². The second-order valence-electron chi connectivity index (χ2n) is 10.9. The molecular weight excluding hydrogens is 472 g/mol. The van der Waals surface area contributed by atoms with Crippen LogP contribution in [0.25, 0.3) is 11.0 Å². The summed E-state index contributed by atoms with van der Waals surface area (Å²) in [6.45, 7) is 13.5. The summed E-state index contributed by atoms with van der Waals surface area (Å²) in [5.74, 6) is 2.81. The SMILES string of the molecule is CN(c1cnc(N2CCOCC2)cn1)[C@@H]1CCN(c2ncnc3c2ccn3COCC[Si](C)(C)C)C1. The molecule has 0 radical (unpaired) electrons. The van der Waals surface area contributed by atoms with Crippen LogP contribution in [0.5, 0.6) is 0 Å². The van der Waals surface area contributed by atoms with E-state index in [0.717, 1.165) is 87.0 Å². The van der Waals surface area contributed by atoms with Crippen molar-refractivity contribution in [3.63, 3.8) is 0 Å². The van der Waals surface area contributed by atoms with Crippen LogP contribution in [-0.4, -0.2) is 91.7 Å². The molecule has 2 aliphatic rings. The molecule has 2 saturated heterocycles. The molecule has 5 heterocycles. The second-order valence-corrected chi connectivity index (χ2v) is 16.5. The number of fused-ring (bicyclic) bond motifs is 1. The summed E-state index contributed by atoms with van der Waals surface area (Å²) in [6.07, 6.45) is 8.53.